The number of carbonyl (C=O) groups is 1. The van der Waals surface area contributed by atoms with E-state index < -0.39 is 26.8 Å². The van der Waals surface area contributed by atoms with Gasteiger partial charge in [0.1, 0.15) is 17.3 Å². The molecule has 1 heterocycles. The van der Waals surface area contributed by atoms with Crippen LogP contribution in [-0.4, -0.2) is 32.6 Å². The van der Waals surface area contributed by atoms with Crippen LogP contribution < -0.4 is 4.72 Å². The molecule has 0 radical (unpaired) electrons. The van der Waals surface area contributed by atoms with Gasteiger partial charge < -0.3 is 9.64 Å². The number of sulfonamides is 1. The van der Waals surface area contributed by atoms with E-state index in [1.165, 1.54) is 17.0 Å². The fourth-order valence-corrected chi connectivity index (χ4v) is 3.70. The highest BCUT2D eigenvalue weighted by molar-refractivity contribution is 7.92. The molecule has 25 heavy (non-hydrogen) atoms. The molecule has 0 bridgehead atoms. The van der Waals surface area contributed by atoms with Crippen LogP contribution >= 0.6 is 11.6 Å². The molecule has 0 aromatic heterocycles. The van der Waals surface area contributed by atoms with Gasteiger partial charge in [0, 0.05) is 17.3 Å². The standard InChI is InChI=1S/C16H14ClFN2O4S/c17-12-4-5-15(14(18)9-12)25(22,23)19-13-3-1-2-11(8-13)10-20-6-7-24-16(20)21/h1-5,8-9,19H,6-7,10H2. The number of carbonyl (C=O) groups excluding carboxylic acids is 1. The fourth-order valence-electron chi connectivity index (χ4n) is 2.43. The molecule has 0 atom stereocenters. The van der Waals surface area contributed by atoms with Crippen molar-refractivity contribution < 1.29 is 22.3 Å². The molecular formula is C16H14ClFN2O4S. The van der Waals surface area contributed by atoms with Crippen LogP contribution in [0.1, 0.15) is 5.56 Å². The van der Waals surface area contributed by atoms with Gasteiger partial charge in [-0.15, -0.1) is 0 Å². The summed E-state index contributed by atoms with van der Waals surface area (Å²) in [5.74, 6) is -0.934. The summed E-state index contributed by atoms with van der Waals surface area (Å²) in [5, 5.41) is 0.107. The molecule has 3 rings (SSSR count). The quantitative estimate of drug-likeness (QED) is 0.858. The van der Waals surface area contributed by atoms with E-state index >= 15 is 0 Å². The monoisotopic (exact) mass is 384 g/mol. The molecule has 1 fully saturated rings. The number of nitrogens with one attached hydrogen (secondary N) is 1. The summed E-state index contributed by atoms with van der Waals surface area (Å²) in [5.41, 5.74) is 0.982. The second-order valence-electron chi connectivity index (χ2n) is 5.42. The van der Waals surface area contributed by atoms with E-state index in [-0.39, 0.29) is 10.7 Å². The van der Waals surface area contributed by atoms with E-state index in [9.17, 15) is 17.6 Å². The first-order valence-corrected chi connectivity index (χ1v) is 9.20. The number of benzene rings is 2. The Labute approximate surface area is 149 Å². The zero-order valence-corrected chi connectivity index (χ0v) is 14.5. The molecule has 0 spiro atoms. The first kappa shape index (κ1) is 17.5. The number of anilines is 1. The van der Waals surface area contributed by atoms with Crippen molar-refractivity contribution in [3.8, 4) is 0 Å². The zero-order chi connectivity index (χ0) is 18.0. The van der Waals surface area contributed by atoms with Gasteiger partial charge in [-0.25, -0.2) is 17.6 Å². The molecule has 9 heteroatoms. The summed E-state index contributed by atoms with van der Waals surface area (Å²) >= 11 is 5.64. The zero-order valence-electron chi connectivity index (χ0n) is 12.9. The van der Waals surface area contributed by atoms with Gasteiger partial charge in [0.05, 0.1) is 6.54 Å². The van der Waals surface area contributed by atoms with E-state index in [1.54, 1.807) is 18.2 Å². The van der Waals surface area contributed by atoms with Gasteiger partial charge in [0.15, 0.2) is 0 Å². The summed E-state index contributed by atoms with van der Waals surface area (Å²) in [6.45, 7) is 1.11. The van der Waals surface area contributed by atoms with Crippen molar-refractivity contribution in [2.45, 2.75) is 11.4 Å². The molecule has 6 nitrogen and oxygen atoms in total. The van der Waals surface area contributed by atoms with Crippen LogP contribution in [0.3, 0.4) is 0 Å². The highest BCUT2D eigenvalue weighted by Gasteiger charge is 2.22. The molecule has 132 valence electrons. The van der Waals surface area contributed by atoms with E-state index in [0.717, 1.165) is 17.7 Å². The Bertz CT molecular complexity index is 920. The van der Waals surface area contributed by atoms with Crippen LogP contribution in [0, 0.1) is 5.82 Å². The lowest BCUT2D eigenvalue weighted by atomic mass is 10.2. The topological polar surface area (TPSA) is 75.7 Å². The van der Waals surface area contributed by atoms with Gasteiger partial charge in [-0.1, -0.05) is 23.7 Å². The normalized spacial score (nSPS) is 14.5. The average Bonchev–Trinajstić information content (AvgIpc) is 2.92. The maximum absolute atomic E-state index is 13.9. The number of rotatable bonds is 5. The predicted octanol–water partition coefficient (Wildman–Crippen LogP) is 3.23. The van der Waals surface area contributed by atoms with Crippen molar-refractivity contribution in [2.75, 3.05) is 17.9 Å². The van der Waals surface area contributed by atoms with Crippen LogP contribution in [-0.2, 0) is 21.3 Å². The van der Waals surface area contributed by atoms with Gasteiger partial charge in [-0.3, -0.25) is 4.72 Å². The summed E-state index contributed by atoms with van der Waals surface area (Å²) in [6, 6.07) is 9.86. The molecule has 1 aliphatic heterocycles. The molecule has 2 aromatic rings. The Morgan fingerprint density at radius 3 is 2.72 bits per heavy atom. The fraction of sp³-hybridized carbons (Fsp3) is 0.188. The van der Waals surface area contributed by atoms with E-state index in [1.807, 2.05) is 0 Å². The molecule has 0 unspecified atom stereocenters. The molecule has 1 saturated heterocycles. The Morgan fingerprint density at radius 2 is 2.04 bits per heavy atom. The first-order chi connectivity index (χ1) is 11.8. The van der Waals surface area contributed by atoms with Crippen molar-refractivity contribution in [3.05, 3.63) is 58.9 Å². The number of cyclic esters (lactones) is 1. The number of ether oxygens (including phenoxy) is 1. The lowest BCUT2D eigenvalue weighted by molar-refractivity contribution is 0.157. The van der Waals surface area contributed by atoms with Gasteiger partial charge in [0.25, 0.3) is 10.0 Å². The van der Waals surface area contributed by atoms with Gasteiger partial charge in [0.2, 0.25) is 0 Å². The van der Waals surface area contributed by atoms with Crippen LogP contribution in [0.4, 0.5) is 14.9 Å². The molecule has 0 aliphatic carbocycles. The van der Waals surface area contributed by atoms with Gasteiger partial charge >= 0.3 is 6.09 Å². The minimum Gasteiger partial charge on any atom is -0.448 e. The first-order valence-electron chi connectivity index (χ1n) is 7.34. The Balaban J connectivity index is 1.80. The summed E-state index contributed by atoms with van der Waals surface area (Å²) in [4.78, 5) is 12.5. The Hall–Kier alpha value is -2.32. The highest BCUT2D eigenvalue weighted by atomic mass is 35.5. The third-order valence-corrected chi connectivity index (χ3v) is 5.23. The number of hydrogen-bond donors (Lipinski definition) is 1. The van der Waals surface area contributed by atoms with Crippen LogP contribution in [0.25, 0.3) is 0 Å². The Kier molecular flexibility index (Phi) is 4.82. The molecule has 1 amide bonds. The molecule has 1 N–H and O–H groups in total. The average molecular weight is 385 g/mol. The van der Waals surface area contributed by atoms with E-state index in [4.69, 9.17) is 16.3 Å². The van der Waals surface area contributed by atoms with Crippen LogP contribution in [0.2, 0.25) is 5.02 Å². The highest BCUT2D eigenvalue weighted by Crippen LogP contribution is 2.23. The minimum absolute atomic E-state index is 0.107. The lowest BCUT2D eigenvalue weighted by Gasteiger charge is -2.14. The van der Waals surface area contributed by atoms with Crippen molar-refractivity contribution >= 4 is 33.4 Å². The Morgan fingerprint density at radius 1 is 1.24 bits per heavy atom. The minimum atomic E-state index is -4.10. The van der Waals surface area contributed by atoms with Crippen molar-refractivity contribution in [1.82, 2.24) is 4.90 Å². The van der Waals surface area contributed by atoms with Gasteiger partial charge in [-0.2, -0.15) is 0 Å². The third kappa shape index (κ3) is 4.02. The predicted molar refractivity (Wildman–Crippen MR) is 90.4 cm³/mol. The molecular weight excluding hydrogens is 371 g/mol. The lowest BCUT2D eigenvalue weighted by Crippen LogP contribution is -2.23. The maximum atomic E-state index is 13.9. The number of hydrogen-bond acceptors (Lipinski definition) is 4. The SMILES string of the molecule is O=C1OCCN1Cc1cccc(NS(=O)(=O)c2ccc(Cl)cc2F)c1. The van der Waals surface area contributed by atoms with Crippen molar-refractivity contribution in [3.63, 3.8) is 0 Å². The van der Waals surface area contributed by atoms with Crippen molar-refractivity contribution in [1.29, 1.82) is 0 Å². The second kappa shape index (κ2) is 6.89. The molecule has 1 aliphatic rings. The van der Waals surface area contributed by atoms with Crippen molar-refractivity contribution in [2.24, 2.45) is 0 Å². The van der Waals surface area contributed by atoms with Crippen LogP contribution in [0.15, 0.2) is 47.4 Å². The largest absolute Gasteiger partial charge is 0.448 e. The van der Waals surface area contributed by atoms with Crippen LogP contribution in [0.5, 0.6) is 0 Å². The number of nitrogens with zero attached hydrogens (tertiary/aromatic N) is 1. The van der Waals surface area contributed by atoms with E-state index in [0.29, 0.717) is 19.7 Å². The molecule has 0 saturated carbocycles. The van der Waals surface area contributed by atoms with E-state index in [2.05, 4.69) is 4.72 Å². The number of halogens is 2. The smallest absolute Gasteiger partial charge is 0.410 e. The second-order valence-corrected chi connectivity index (χ2v) is 7.50. The summed E-state index contributed by atoms with van der Waals surface area (Å²) in [6.07, 6.45) is -0.408. The third-order valence-electron chi connectivity index (χ3n) is 3.58. The number of amides is 1. The molecule has 2 aromatic carbocycles. The summed E-state index contributed by atoms with van der Waals surface area (Å²) < 4.78 is 45.8. The summed E-state index contributed by atoms with van der Waals surface area (Å²) in [7, 11) is -4.10. The van der Waals surface area contributed by atoms with Gasteiger partial charge in [-0.05, 0) is 35.9 Å². The maximum Gasteiger partial charge on any atom is 0.410 e.